The third kappa shape index (κ3) is 3.21. The summed E-state index contributed by atoms with van der Waals surface area (Å²) in [5, 5.41) is 10.2. The number of aryl methyl sites for hydroxylation is 2. The van der Waals surface area contributed by atoms with Crippen LogP contribution in [-0.4, -0.2) is 14.1 Å². The van der Waals surface area contributed by atoms with Crippen molar-refractivity contribution in [1.82, 2.24) is 14.1 Å². The Kier molecular flexibility index (Phi) is 4.92. The van der Waals surface area contributed by atoms with Gasteiger partial charge in [0.05, 0.1) is 34.6 Å². The van der Waals surface area contributed by atoms with E-state index in [9.17, 15) is 0 Å². The lowest BCUT2D eigenvalue weighted by Crippen LogP contribution is -2.34. The van der Waals surface area contributed by atoms with Crippen molar-refractivity contribution in [1.29, 1.82) is 0 Å². The minimum Gasteiger partial charge on any atom is -0.343 e. The third-order valence-electron chi connectivity index (χ3n) is 9.49. The number of aromatic nitrogens is 4. The maximum absolute atomic E-state index is 4.84. The molecule has 0 unspecified atom stereocenters. The van der Waals surface area contributed by atoms with Gasteiger partial charge in [-0.2, -0.15) is 4.57 Å². The molecule has 0 aliphatic rings. The van der Waals surface area contributed by atoms with Crippen LogP contribution in [0.3, 0.4) is 0 Å². The van der Waals surface area contributed by atoms with Gasteiger partial charge < -0.3 is 9.13 Å². The minimum absolute atomic E-state index is 1.08. The van der Waals surface area contributed by atoms with Gasteiger partial charge in [0.15, 0.2) is 0 Å². The summed E-state index contributed by atoms with van der Waals surface area (Å²) in [5.41, 5.74) is 9.43. The molecule has 4 heteroatoms. The molecular formula is C39H29N4+. The number of hydrogen-bond donors (Lipinski definition) is 0. The fraction of sp³-hybridized carbons (Fsp3) is 0.0769. The van der Waals surface area contributed by atoms with Crippen molar-refractivity contribution < 1.29 is 4.57 Å². The lowest BCUT2D eigenvalue weighted by molar-refractivity contribution is -0.649. The van der Waals surface area contributed by atoms with Gasteiger partial charge in [-0.1, -0.05) is 84.9 Å². The largest absolute Gasteiger partial charge is 0.343 e. The normalized spacial score (nSPS) is 12.1. The standard InChI is InChI=1S/C39H29N4/c1-41-34(28-14-8-16-30-36-26-12-6-4-10-24(26)18-20-32(36)42(2)38(28)30)22-40-23-35(41)29-15-9-17-31-37-27-13-7-5-11-25(27)19-21-33(37)43(3)39(29)31/h4-23H,1-3H3/q+1. The molecule has 0 saturated carbocycles. The number of benzene rings is 6. The average Bonchev–Trinajstić information content (AvgIpc) is 3.52. The highest BCUT2D eigenvalue weighted by molar-refractivity contribution is 6.23. The Morgan fingerprint density at radius 2 is 0.930 bits per heavy atom. The van der Waals surface area contributed by atoms with Gasteiger partial charge in [-0.05, 0) is 45.8 Å². The first-order chi connectivity index (χ1) is 21.1. The zero-order valence-electron chi connectivity index (χ0n) is 24.3. The van der Waals surface area contributed by atoms with E-state index in [2.05, 4.69) is 144 Å². The molecule has 0 radical (unpaired) electrons. The highest BCUT2D eigenvalue weighted by Gasteiger charge is 2.25. The molecule has 9 aromatic rings. The van der Waals surface area contributed by atoms with Crippen molar-refractivity contribution in [3.05, 3.63) is 122 Å². The summed E-state index contributed by atoms with van der Waals surface area (Å²) in [4.78, 5) is 4.84. The van der Waals surface area contributed by atoms with Crippen LogP contribution < -0.4 is 4.57 Å². The maximum atomic E-state index is 4.84. The summed E-state index contributed by atoms with van der Waals surface area (Å²) in [7, 11) is 6.53. The Hall–Kier alpha value is -5.48. The second-order valence-corrected chi connectivity index (χ2v) is 11.6. The van der Waals surface area contributed by atoms with E-state index < -0.39 is 0 Å². The van der Waals surface area contributed by atoms with E-state index in [1.54, 1.807) is 0 Å². The van der Waals surface area contributed by atoms with Gasteiger partial charge >= 0.3 is 0 Å². The summed E-state index contributed by atoms with van der Waals surface area (Å²) >= 11 is 0. The lowest BCUT2D eigenvalue weighted by atomic mass is 10.0. The minimum atomic E-state index is 1.08. The molecular weight excluding hydrogens is 524 g/mol. The Morgan fingerprint density at radius 1 is 0.488 bits per heavy atom. The Bertz CT molecular complexity index is 2420. The van der Waals surface area contributed by atoms with Crippen LogP contribution in [-0.2, 0) is 21.1 Å². The van der Waals surface area contributed by atoms with E-state index in [-0.39, 0.29) is 0 Å². The van der Waals surface area contributed by atoms with E-state index in [0.717, 1.165) is 11.4 Å². The van der Waals surface area contributed by atoms with Crippen molar-refractivity contribution in [2.75, 3.05) is 0 Å². The van der Waals surface area contributed by atoms with Crippen LogP contribution in [0.2, 0.25) is 0 Å². The fourth-order valence-electron chi connectivity index (χ4n) is 7.49. The molecule has 4 nitrogen and oxygen atoms in total. The molecule has 0 saturated heterocycles. The van der Waals surface area contributed by atoms with E-state index in [1.165, 1.54) is 76.3 Å². The predicted molar refractivity (Wildman–Crippen MR) is 179 cm³/mol. The summed E-state index contributed by atoms with van der Waals surface area (Å²) in [6.45, 7) is 0. The fourth-order valence-corrected chi connectivity index (χ4v) is 7.49. The van der Waals surface area contributed by atoms with E-state index >= 15 is 0 Å². The molecule has 0 fully saturated rings. The SMILES string of the molecule is Cn1c2ccc3ccccc3c2c2cccc(-c3cncc(-c4cccc5c6c7ccccc7ccc6n(C)c45)[n+]3C)c21. The van der Waals surface area contributed by atoms with Crippen LogP contribution >= 0.6 is 0 Å². The van der Waals surface area contributed by atoms with Gasteiger partial charge in [0.1, 0.15) is 7.05 Å². The van der Waals surface area contributed by atoms with Crippen molar-refractivity contribution >= 4 is 65.2 Å². The topological polar surface area (TPSA) is 26.6 Å². The number of nitrogens with zero attached hydrogens (tertiary/aromatic N) is 4. The van der Waals surface area contributed by atoms with E-state index in [1.807, 2.05) is 12.4 Å². The van der Waals surface area contributed by atoms with Gasteiger partial charge in [0, 0.05) is 46.7 Å². The molecule has 0 spiro atoms. The third-order valence-corrected chi connectivity index (χ3v) is 9.49. The monoisotopic (exact) mass is 553 g/mol. The number of fused-ring (bicyclic) bond motifs is 10. The second-order valence-electron chi connectivity index (χ2n) is 11.6. The first kappa shape index (κ1) is 24.2. The van der Waals surface area contributed by atoms with Crippen LogP contribution in [0.1, 0.15) is 0 Å². The number of rotatable bonds is 2. The molecule has 0 bridgehead atoms. The molecule has 3 heterocycles. The van der Waals surface area contributed by atoms with E-state index in [0.29, 0.717) is 0 Å². The molecule has 3 aromatic heterocycles. The Balaban J connectivity index is 1.33. The molecule has 9 rings (SSSR count). The number of para-hydroxylation sites is 2. The molecule has 0 amide bonds. The molecule has 43 heavy (non-hydrogen) atoms. The second kappa shape index (κ2) is 8.76. The first-order valence-corrected chi connectivity index (χ1v) is 14.7. The molecule has 204 valence electrons. The van der Waals surface area contributed by atoms with E-state index in [4.69, 9.17) is 4.98 Å². The number of hydrogen-bond acceptors (Lipinski definition) is 1. The molecule has 0 N–H and O–H groups in total. The highest BCUT2D eigenvalue weighted by Crippen LogP contribution is 2.40. The predicted octanol–water partition coefficient (Wildman–Crippen LogP) is 8.84. The smallest absolute Gasteiger partial charge is 0.233 e. The van der Waals surface area contributed by atoms with Gasteiger partial charge in [-0.25, -0.2) is 0 Å². The first-order valence-electron chi connectivity index (χ1n) is 14.7. The maximum Gasteiger partial charge on any atom is 0.233 e. The summed E-state index contributed by atoms with van der Waals surface area (Å²) in [6, 6.07) is 39.6. The van der Waals surface area contributed by atoms with Crippen molar-refractivity contribution in [2.24, 2.45) is 21.1 Å². The summed E-state index contributed by atoms with van der Waals surface area (Å²) in [6.07, 6.45) is 4.01. The molecule has 6 aromatic carbocycles. The van der Waals surface area contributed by atoms with Crippen LogP contribution in [0.4, 0.5) is 0 Å². The average molecular weight is 554 g/mol. The van der Waals surface area contributed by atoms with Crippen molar-refractivity contribution in [2.45, 2.75) is 0 Å². The van der Waals surface area contributed by atoms with Gasteiger partial charge in [0.25, 0.3) is 0 Å². The Morgan fingerprint density at radius 3 is 1.42 bits per heavy atom. The van der Waals surface area contributed by atoms with Gasteiger partial charge in [0.2, 0.25) is 11.4 Å². The van der Waals surface area contributed by atoms with Gasteiger partial charge in [-0.15, -0.1) is 0 Å². The van der Waals surface area contributed by atoms with Crippen LogP contribution in [0.25, 0.3) is 87.7 Å². The van der Waals surface area contributed by atoms with Crippen molar-refractivity contribution in [3.63, 3.8) is 0 Å². The zero-order valence-corrected chi connectivity index (χ0v) is 24.3. The van der Waals surface area contributed by atoms with Crippen LogP contribution in [0.15, 0.2) is 122 Å². The van der Waals surface area contributed by atoms with Gasteiger partial charge in [-0.3, -0.25) is 4.98 Å². The molecule has 0 aliphatic carbocycles. The van der Waals surface area contributed by atoms with Crippen molar-refractivity contribution in [3.8, 4) is 22.5 Å². The summed E-state index contributed by atoms with van der Waals surface area (Å²) in [5.74, 6) is 0. The Labute approximate surface area is 248 Å². The van der Waals surface area contributed by atoms with Crippen LogP contribution in [0, 0.1) is 0 Å². The summed E-state index contributed by atoms with van der Waals surface area (Å²) < 4.78 is 6.99. The van der Waals surface area contributed by atoms with Crippen LogP contribution in [0.5, 0.6) is 0 Å². The molecule has 0 atom stereocenters. The zero-order chi connectivity index (χ0) is 28.8. The highest BCUT2D eigenvalue weighted by atomic mass is 15.0. The quantitative estimate of drug-likeness (QED) is 0.197. The molecule has 0 aliphatic heterocycles. The lowest BCUT2D eigenvalue weighted by Gasteiger charge is -2.09.